The molecule has 1 aliphatic heterocycles. The fourth-order valence-corrected chi connectivity index (χ4v) is 4.24. The summed E-state index contributed by atoms with van der Waals surface area (Å²) in [5, 5.41) is 20.2. The second-order valence-electron chi connectivity index (χ2n) is 7.86. The van der Waals surface area contributed by atoms with E-state index >= 15 is 0 Å². The highest BCUT2D eigenvalue weighted by molar-refractivity contribution is 5.14. The molecule has 1 aliphatic carbocycles. The van der Waals surface area contributed by atoms with Crippen LogP contribution in [0.2, 0.25) is 0 Å². The molecule has 0 bridgehead atoms. The Morgan fingerprint density at radius 2 is 1.76 bits per heavy atom. The average molecular weight is 352 g/mol. The Bertz CT molecular complexity index is 434. The molecule has 2 rings (SSSR count). The molecule has 0 atom stereocenters. The van der Waals surface area contributed by atoms with E-state index in [4.69, 9.17) is 5.21 Å². The monoisotopic (exact) mass is 351 g/mol. The zero-order valence-electron chi connectivity index (χ0n) is 16.1. The van der Waals surface area contributed by atoms with Gasteiger partial charge >= 0.3 is 0 Å². The minimum atomic E-state index is -0.473. The van der Waals surface area contributed by atoms with Gasteiger partial charge in [-0.1, -0.05) is 38.2 Å². The van der Waals surface area contributed by atoms with Crippen molar-refractivity contribution in [3.8, 4) is 0 Å². The zero-order chi connectivity index (χ0) is 18.1. The second kappa shape index (κ2) is 10.2. The van der Waals surface area contributed by atoms with Gasteiger partial charge < -0.3 is 14.9 Å². The molecule has 2 fully saturated rings. The van der Waals surface area contributed by atoms with Crippen LogP contribution in [0.25, 0.3) is 0 Å². The minimum Gasteiger partial charge on any atom is -0.389 e. The number of allylic oxidation sites excluding steroid dienone is 2. The molecule has 0 spiro atoms. The molecular weight excluding hydrogens is 314 g/mol. The van der Waals surface area contributed by atoms with Crippen LogP contribution < -0.4 is 5.48 Å². The Morgan fingerprint density at radius 1 is 1.16 bits per heavy atom. The van der Waals surface area contributed by atoms with Gasteiger partial charge in [-0.2, -0.15) is 0 Å². The molecule has 3 N–H and O–H groups in total. The predicted octanol–water partition coefficient (Wildman–Crippen LogP) is 3.25. The molecule has 0 amide bonds. The fraction of sp³-hybridized carbons (Fsp3) is 0.800. The molecule has 5 heteroatoms. The molecule has 0 unspecified atom stereocenters. The number of hydrogen-bond donors (Lipinski definition) is 3. The summed E-state index contributed by atoms with van der Waals surface area (Å²) in [5.41, 5.74) is 2.47. The predicted molar refractivity (Wildman–Crippen MR) is 102 cm³/mol. The summed E-state index contributed by atoms with van der Waals surface area (Å²) in [7, 11) is 2.07. The largest absolute Gasteiger partial charge is 0.389 e. The first-order valence-electron chi connectivity index (χ1n) is 9.97. The molecule has 144 valence electrons. The lowest BCUT2D eigenvalue weighted by atomic mass is 9.86. The minimum absolute atomic E-state index is 0.473. The number of hydroxylamine groups is 1. The van der Waals surface area contributed by atoms with Crippen molar-refractivity contribution in [2.45, 2.75) is 76.4 Å². The Balaban J connectivity index is 1.82. The molecule has 2 aliphatic rings. The summed E-state index contributed by atoms with van der Waals surface area (Å²) in [6, 6.07) is 0.483. The van der Waals surface area contributed by atoms with Crippen LogP contribution in [-0.2, 0) is 0 Å². The van der Waals surface area contributed by atoms with Gasteiger partial charge in [-0.3, -0.25) is 10.7 Å². The van der Waals surface area contributed by atoms with Crippen LogP contribution in [0.5, 0.6) is 0 Å². The van der Waals surface area contributed by atoms with Crippen LogP contribution in [0.4, 0.5) is 0 Å². The van der Waals surface area contributed by atoms with Crippen LogP contribution in [0.3, 0.4) is 0 Å². The lowest BCUT2D eigenvalue weighted by Gasteiger charge is -2.41. The smallest absolute Gasteiger partial charge is 0.0774 e. The number of hydrogen-bond acceptors (Lipinski definition) is 5. The van der Waals surface area contributed by atoms with Crippen molar-refractivity contribution in [3.05, 3.63) is 24.0 Å². The molecular formula is C20H37N3O2. The normalized spacial score (nSPS) is 24.1. The number of nitrogens with one attached hydrogen (secondary N) is 1. The van der Waals surface area contributed by atoms with E-state index in [0.29, 0.717) is 11.7 Å². The van der Waals surface area contributed by atoms with Crippen molar-refractivity contribution in [2.24, 2.45) is 0 Å². The third-order valence-corrected chi connectivity index (χ3v) is 5.75. The maximum absolute atomic E-state index is 11.0. The SMILES string of the molecule is C/C=C/C(=C\N(C)C1CCN(CC2(O)CCCCCCC2)CC1)NO. The Labute approximate surface area is 153 Å². The molecule has 0 radical (unpaired) electrons. The van der Waals surface area contributed by atoms with E-state index in [1.165, 1.54) is 32.1 Å². The van der Waals surface area contributed by atoms with E-state index in [-0.39, 0.29) is 0 Å². The van der Waals surface area contributed by atoms with Gasteiger partial charge in [-0.25, -0.2) is 0 Å². The standard InChI is InChI=1S/C20H37N3O2/c1-3-9-18(21-25)16-22(2)19-10-14-23(15-11-19)17-20(24)12-7-5-4-6-8-13-20/h3,9,16,19,21,24-25H,4-8,10-15,17H2,1-2H3/b9-3+,18-16+. The zero-order valence-corrected chi connectivity index (χ0v) is 16.1. The molecule has 1 heterocycles. The number of rotatable bonds is 6. The Morgan fingerprint density at radius 3 is 2.32 bits per heavy atom. The van der Waals surface area contributed by atoms with Crippen LogP contribution in [0.1, 0.15) is 64.7 Å². The van der Waals surface area contributed by atoms with Crippen molar-refractivity contribution in [1.82, 2.24) is 15.3 Å². The Hall–Kier alpha value is -1.04. The molecule has 0 aromatic rings. The third kappa shape index (κ3) is 6.65. The van der Waals surface area contributed by atoms with Gasteiger partial charge in [-0.05, 0) is 38.7 Å². The molecule has 1 saturated carbocycles. The van der Waals surface area contributed by atoms with E-state index in [1.54, 1.807) is 0 Å². The highest BCUT2D eigenvalue weighted by atomic mass is 16.5. The van der Waals surface area contributed by atoms with Gasteiger partial charge in [0.05, 0.1) is 11.3 Å². The number of β-amino-alcohol motifs (C(OH)–C–C–N with tert-alkyl or cyclic N) is 1. The summed E-state index contributed by atoms with van der Waals surface area (Å²) in [4.78, 5) is 4.65. The van der Waals surface area contributed by atoms with Crippen LogP contribution in [0, 0.1) is 0 Å². The Kier molecular flexibility index (Phi) is 8.27. The maximum Gasteiger partial charge on any atom is 0.0774 e. The van der Waals surface area contributed by atoms with Gasteiger partial charge in [0, 0.05) is 38.9 Å². The summed E-state index contributed by atoms with van der Waals surface area (Å²) in [5.74, 6) is 0. The van der Waals surface area contributed by atoms with Gasteiger partial charge in [0.2, 0.25) is 0 Å². The van der Waals surface area contributed by atoms with Gasteiger partial charge in [0.1, 0.15) is 0 Å². The summed E-state index contributed by atoms with van der Waals surface area (Å²) >= 11 is 0. The first-order valence-corrected chi connectivity index (χ1v) is 9.97. The molecule has 0 aromatic heterocycles. The summed E-state index contributed by atoms with van der Waals surface area (Å²) in [6.07, 6.45) is 16.1. The van der Waals surface area contributed by atoms with Crippen LogP contribution in [0.15, 0.2) is 24.0 Å². The second-order valence-corrected chi connectivity index (χ2v) is 7.86. The first-order chi connectivity index (χ1) is 12.1. The summed E-state index contributed by atoms with van der Waals surface area (Å²) in [6.45, 7) is 4.85. The van der Waals surface area contributed by atoms with Gasteiger partial charge in [-0.15, -0.1) is 0 Å². The number of nitrogens with zero attached hydrogens (tertiary/aromatic N) is 2. The van der Waals surface area contributed by atoms with Crippen molar-refractivity contribution < 1.29 is 10.3 Å². The first kappa shape index (κ1) is 20.3. The molecule has 5 nitrogen and oxygen atoms in total. The van der Waals surface area contributed by atoms with Crippen molar-refractivity contribution in [2.75, 3.05) is 26.7 Å². The van der Waals surface area contributed by atoms with E-state index in [2.05, 4.69) is 22.3 Å². The van der Waals surface area contributed by atoms with Crippen molar-refractivity contribution in [3.63, 3.8) is 0 Å². The van der Waals surface area contributed by atoms with E-state index in [1.807, 2.05) is 25.3 Å². The fourth-order valence-electron chi connectivity index (χ4n) is 4.24. The maximum atomic E-state index is 11.0. The number of piperidine rings is 1. The lowest BCUT2D eigenvalue weighted by molar-refractivity contribution is -0.0256. The lowest BCUT2D eigenvalue weighted by Crippen LogP contribution is -2.49. The highest BCUT2D eigenvalue weighted by Gasteiger charge is 2.31. The topological polar surface area (TPSA) is 59.0 Å². The average Bonchev–Trinajstić information content (AvgIpc) is 2.59. The number of aliphatic hydroxyl groups is 1. The van der Waals surface area contributed by atoms with Crippen molar-refractivity contribution >= 4 is 0 Å². The highest BCUT2D eigenvalue weighted by Crippen LogP contribution is 2.28. The van der Waals surface area contributed by atoms with E-state index < -0.39 is 5.60 Å². The van der Waals surface area contributed by atoms with Crippen LogP contribution >= 0.6 is 0 Å². The van der Waals surface area contributed by atoms with Crippen molar-refractivity contribution in [1.29, 1.82) is 0 Å². The third-order valence-electron chi connectivity index (χ3n) is 5.75. The molecule has 25 heavy (non-hydrogen) atoms. The van der Waals surface area contributed by atoms with Gasteiger partial charge in [0.15, 0.2) is 0 Å². The number of likely N-dealkylation sites (tertiary alicyclic amines) is 1. The molecule has 1 saturated heterocycles. The quantitative estimate of drug-likeness (QED) is 0.506. The van der Waals surface area contributed by atoms with Gasteiger partial charge in [0.25, 0.3) is 0 Å². The molecule has 0 aromatic carbocycles. The van der Waals surface area contributed by atoms with E-state index in [9.17, 15) is 5.11 Å². The van der Waals surface area contributed by atoms with E-state index in [0.717, 1.165) is 45.3 Å². The van der Waals surface area contributed by atoms with Crippen LogP contribution in [-0.4, -0.2) is 58.4 Å². The summed E-state index contributed by atoms with van der Waals surface area (Å²) < 4.78 is 0.